The molecule has 1 unspecified atom stereocenters. The molecule has 0 radical (unpaired) electrons. The van der Waals surface area contributed by atoms with Crippen LogP contribution in [0.4, 0.5) is 0 Å². The maximum Gasteiger partial charge on any atom is 0.262 e. The normalized spacial score (nSPS) is 17.7. The van der Waals surface area contributed by atoms with Crippen molar-refractivity contribution in [2.24, 2.45) is 0 Å². The molecule has 1 saturated heterocycles. The van der Waals surface area contributed by atoms with E-state index in [0.29, 0.717) is 24.2 Å². The van der Waals surface area contributed by atoms with Crippen LogP contribution in [-0.2, 0) is 11.3 Å². The summed E-state index contributed by atoms with van der Waals surface area (Å²) in [7, 11) is 0. The number of carbonyl (C=O) groups is 3. The first-order valence-corrected chi connectivity index (χ1v) is 9.58. The maximum atomic E-state index is 13.0. The molecule has 4 rings (SSSR count). The second kappa shape index (κ2) is 8.76. The van der Waals surface area contributed by atoms with Gasteiger partial charge in [-0.15, -0.1) is 12.4 Å². The van der Waals surface area contributed by atoms with Crippen LogP contribution >= 0.6 is 12.4 Å². The van der Waals surface area contributed by atoms with Crippen molar-refractivity contribution in [3.63, 3.8) is 0 Å². The minimum atomic E-state index is -0.798. The predicted molar refractivity (Wildman–Crippen MR) is 112 cm³/mol. The fourth-order valence-corrected chi connectivity index (χ4v) is 3.90. The molecule has 152 valence electrons. The zero-order chi connectivity index (χ0) is 19.7. The zero-order valence-electron chi connectivity index (χ0n) is 16.3. The number of nitrogens with zero attached hydrogens (tertiary/aromatic N) is 3. The monoisotopic (exact) mass is 413 g/mol. The average Bonchev–Trinajstić information content (AvgIpc) is 2.99. The van der Waals surface area contributed by atoms with Crippen molar-refractivity contribution < 1.29 is 14.4 Å². The molecule has 2 heterocycles. The molecular formula is C22H24ClN3O3. The van der Waals surface area contributed by atoms with E-state index in [1.165, 1.54) is 5.56 Å². The van der Waals surface area contributed by atoms with E-state index in [1.54, 1.807) is 36.1 Å². The zero-order valence-corrected chi connectivity index (χ0v) is 17.1. The summed E-state index contributed by atoms with van der Waals surface area (Å²) in [5.41, 5.74) is 2.00. The van der Waals surface area contributed by atoms with Crippen LogP contribution in [-0.4, -0.2) is 64.6 Å². The first-order chi connectivity index (χ1) is 13.6. The van der Waals surface area contributed by atoms with Crippen molar-refractivity contribution in [1.82, 2.24) is 14.7 Å². The van der Waals surface area contributed by atoms with Gasteiger partial charge in [0.2, 0.25) is 5.91 Å². The molecule has 2 aromatic carbocycles. The van der Waals surface area contributed by atoms with Gasteiger partial charge in [-0.05, 0) is 24.6 Å². The molecule has 0 spiro atoms. The van der Waals surface area contributed by atoms with Crippen LogP contribution in [0.5, 0.6) is 0 Å². The lowest BCUT2D eigenvalue weighted by atomic mass is 10.1. The number of halogens is 1. The highest BCUT2D eigenvalue weighted by Gasteiger charge is 2.42. The number of hydrogen-bond acceptors (Lipinski definition) is 4. The van der Waals surface area contributed by atoms with E-state index < -0.39 is 6.04 Å². The van der Waals surface area contributed by atoms with E-state index in [-0.39, 0.29) is 30.1 Å². The van der Waals surface area contributed by atoms with E-state index in [4.69, 9.17) is 0 Å². The van der Waals surface area contributed by atoms with Gasteiger partial charge in [-0.25, -0.2) is 0 Å². The molecule has 0 aromatic heterocycles. The van der Waals surface area contributed by atoms with Crippen molar-refractivity contribution in [3.05, 3.63) is 71.3 Å². The van der Waals surface area contributed by atoms with Gasteiger partial charge in [0.25, 0.3) is 11.8 Å². The number of imide groups is 1. The molecule has 2 aliphatic rings. The molecule has 0 bridgehead atoms. The molecule has 7 heteroatoms. The smallest absolute Gasteiger partial charge is 0.262 e. The third-order valence-corrected chi connectivity index (χ3v) is 5.50. The van der Waals surface area contributed by atoms with Gasteiger partial charge >= 0.3 is 0 Å². The molecule has 29 heavy (non-hydrogen) atoms. The highest BCUT2D eigenvalue weighted by atomic mass is 35.5. The number of hydrogen-bond donors (Lipinski definition) is 0. The number of amides is 3. The molecule has 2 aliphatic heterocycles. The Morgan fingerprint density at radius 2 is 1.38 bits per heavy atom. The Labute approximate surface area is 176 Å². The molecule has 1 atom stereocenters. The fraction of sp³-hybridized carbons (Fsp3) is 0.318. The Bertz CT molecular complexity index is 876. The summed E-state index contributed by atoms with van der Waals surface area (Å²) in [5.74, 6) is -0.942. The Morgan fingerprint density at radius 1 is 0.862 bits per heavy atom. The largest absolute Gasteiger partial charge is 0.338 e. The number of fused-ring (bicyclic) bond motifs is 1. The van der Waals surface area contributed by atoms with Crippen molar-refractivity contribution >= 4 is 30.1 Å². The second-order valence-electron chi connectivity index (χ2n) is 7.29. The highest BCUT2D eigenvalue weighted by molar-refractivity contribution is 6.22. The van der Waals surface area contributed by atoms with Gasteiger partial charge in [0.15, 0.2) is 0 Å². The Balaban J connectivity index is 0.00000240. The van der Waals surface area contributed by atoms with Crippen LogP contribution in [0.25, 0.3) is 0 Å². The second-order valence-corrected chi connectivity index (χ2v) is 7.29. The third-order valence-electron chi connectivity index (χ3n) is 5.50. The summed E-state index contributed by atoms with van der Waals surface area (Å²) in [4.78, 5) is 43.4. The molecular weight excluding hydrogens is 390 g/mol. The van der Waals surface area contributed by atoms with Crippen molar-refractivity contribution in [1.29, 1.82) is 0 Å². The van der Waals surface area contributed by atoms with Crippen LogP contribution < -0.4 is 0 Å². The lowest BCUT2D eigenvalue weighted by molar-refractivity contribution is -0.136. The highest BCUT2D eigenvalue weighted by Crippen LogP contribution is 2.25. The molecule has 1 fully saturated rings. The van der Waals surface area contributed by atoms with Gasteiger partial charge in [-0.1, -0.05) is 42.5 Å². The molecule has 6 nitrogen and oxygen atoms in total. The van der Waals surface area contributed by atoms with Crippen molar-refractivity contribution in [2.45, 2.75) is 19.5 Å². The van der Waals surface area contributed by atoms with Crippen molar-refractivity contribution in [3.8, 4) is 0 Å². The number of carbonyl (C=O) groups excluding carboxylic acids is 3. The SMILES string of the molecule is CC(C(=O)N1CCN(Cc2ccccc2)CC1)N1C(=O)c2ccccc2C1=O.Cl. The first kappa shape index (κ1) is 21.0. The lowest BCUT2D eigenvalue weighted by Crippen LogP contribution is -2.55. The van der Waals surface area contributed by atoms with Gasteiger partial charge in [-0.2, -0.15) is 0 Å². The van der Waals surface area contributed by atoms with E-state index in [1.807, 2.05) is 18.2 Å². The van der Waals surface area contributed by atoms with Crippen molar-refractivity contribution in [2.75, 3.05) is 26.2 Å². The number of piperazine rings is 1. The minimum Gasteiger partial charge on any atom is -0.338 e. The van der Waals surface area contributed by atoms with E-state index >= 15 is 0 Å². The van der Waals surface area contributed by atoms with Crippen LogP contribution in [0, 0.1) is 0 Å². The van der Waals surface area contributed by atoms with Gasteiger partial charge in [-0.3, -0.25) is 24.2 Å². The number of benzene rings is 2. The quantitative estimate of drug-likeness (QED) is 0.722. The van der Waals surface area contributed by atoms with Gasteiger partial charge in [0.05, 0.1) is 11.1 Å². The predicted octanol–water partition coefficient (Wildman–Crippen LogP) is 2.44. The van der Waals surface area contributed by atoms with E-state index in [2.05, 4.69) is 17.0 Å². The van der Waals surface area contributed by atoms with Crippen LogP contribution in [0.2, 0.25) is 0 Å². The van der Waals surface area contributed by atoms with Crippen LogP contribution in [0.1, 0.15) is 33.2 Å². The molecule has 0 aliphatic carbocycles. The van der Waals surface area contributed by atoms with Gasteiger partial charge in [0, 0.05) is 32.7 Å². The fourth-order valence-electron chi connectivity index (χ4n) is 3.90. The lowest BCUT2D eigenvalue weighted by Gasteiger charge is -2.37. The Hall–Kier alpha value is -2.70. The Morgan fingerprint density at radius 3 is 1.93 bits per heavy atom. The molecule has 2 aromatic rings. The van der Waals surface area contributed by atoms with E-state index in [0.717, 1.165) is 24.5 Å². The van der Waals surface area contributed by atoms with E-state index in [9.17, 15) is 14.4 Å². The summed E-state index contributed by atoms with van der Waals surface area (Å²) >= 11 is 0. The molecule has 0 saturated carbocycles. The summed E-state index contributed by atoms with van der Waals surface area (Å²) in [6.45, 7) is 5.24. The standard InChI is InChI=1S/C22H23N3O3.ClH/c1-16(25-21(27)18-9-5-6-10-19(18)22(25)28)20(26)24-13-11-23(12-14-24)15-17-7-3-2-4-8-17;/h2-10,16H,11-15H2,1H3;1H. The topological polar surface area (TPSA) is 60.9 Å². The summed E-state index contributed by atoms with van der Waals surface area (Å²) < 4.78 is 0. The summed E-state index contributed by atoms with van der Waals surface area (Å²) in [5, 5.41) is 0. The Kier molecular flexibility index (Phi) is 6.35. The summed E-state index contributed by atoms with van der Waals surface area (Å²) in [6, 6.07) is 16.2. The van der Waals surface area contributed by atoms with Crippen LogP contribution in [0.15, 0.2) is 54.6 Å². The maximum absolute atomic E-state index is 13.0. The van der Waals surface area contributed by atoms with Crippen LogP contribution in [0.3, 0.4) is 0 Å². The molecule has 0 N–H and O–H groups in total. The summed E-state index contributed by atoms with van der Waals surface area (Å²) in [6.07, 6.45) is 0. The van der Waals surface area contributed by atoms with Gasteiger partial charge in [0.1, 0.15) is 6.04 Å². The first-order valence-electron chi connectivity index (χ1n) is 9.58. The third kappa shape index (κ3) is 4.04. The number of rotatable bonds is 4. The minimum absolute atomic E-state index is 0. The van der Waals surface area contributed by atoms with Gasteiger partial charge < -0.3 is 4.90 Å². The average molecular weight is 414 g/mol. The molecule has 3 amide bonds.